The van der Waals surface area contributed by atoms with Gasteiger partial charge in [-0.25, -0.2) is 4.79 Å². The van der Waals surface area contributed by atoms with Crippen LogP contribution >= 0.6 is 0 Å². The van der Waals surface area contributed by atoms with Crippen LogP contribution in [-0.2, 0) is 9.53 Å². The molecule has 0 aliphatic rings. The number of hydrogen-bond acceptors (Lipinski definition) is 6. The maximum atomic E-state index is 10.9. The number of hydrogen-bond donors (Lipinski definition) is 0. The molecule has 6 heteroatoms. The summed E-state index contributed by atoms with van der Waals surface area (Å²) in [4.78, 5) is 10.9. The van der Waals surface area contributed by atoms with Gasteiger partial charge in [0, 0.05) is 17.2 Å². The van der Waals surface area contributed by atoms with Crippen molar-refractivity contribution < 1.29 is 14.3 Å². The Hall–Kier alpha value is -4.86. The molecule has 0 saturated heterocycles. The van der Waals surface area contributed by atoms with E-state index in [1.807, 2.05) is 24.3 Å². The number of rotatable bonds is 8. The van der Waals surface area contributed by atoms with Crippen molar-refractivity contribution in [2.75, 3.05) is 13.2 Å². The lowest BCUT2D eigenvalue weighted by molar-refractivity contribution is -0.137. The van der Waals surface area contributed by atoms with Crippen LogP contribution in [0.3, 0.4) is 0 Å². The Bertz CT molecular complexity index is 1300. The average molecular weight is 462 g/mol. The van der Waals surface area contributed by atoms with E-state index >= 15 is 0 Å². The molecule has 0 radical (unpaired) electrons. The van der Waals surface area contributed by atoms with Crippen molar-refractivity contribution in [3.63, 3.8) is 0 Å². The first kappa shape index (κ1) is 24.8. The van der Waals surface area contributed by atoms with Crippen LogP contribution in [0, 0.1) is 35.0 Å². The number of aromatic nitrogens is 2. The van der Waals surface area contributed by atoms with Gasteiger partial charge in [0.2, 0.25) is 0 Å². The first-order chi connectivity index (χ1) is 17.2. The average Bonchev–Trinajstić information content (AvgIpc) is 2.91. The fraction of sp³-hybridized carbons (Fsp3) is 0.172. The fourth-order valence-corrected chi connectivity index (χ4v) is 2.80. The zero-order chi connectivity index (χ0) is 24.7. The highest BCUT2D eigenvalue weighted by Crippen LogP contribution is 2.12. The van der Waals surface area contributed by atoms with Gasteiger partial charge in [0.15, 0.2) is 0 Å². The Morgan fingerprint density at radius 3 is 1.86 bits per heavy atom. The first-order valence-electron chi connectivity index (χ1n) is 11.1. The highest BCUT2D eigenvalue weighted by molar-refractivity contribution is 5.81. The van der Waals surface area contributed by atoms with Crippen molar-refractivity contribution >= 4 is 5.97 Å². The van der Waals surface area contributed by atoms with Gasteiger partial charge in [-0.05, 0) is 91.8 Å². The molecular weight excluding hydrogens is 438 g/mol. The Balaban J connectivity index is 1.44. The molecule has 0 fully saturated rings. The molecule has 3 rings (SSSR count). The standard InChI is InChI=1S/C29H23N3O3/c1-2-29(33)35-21-5-3-4-20-34-28-18-12-24(13-19-28)11-15-27-17-16-26(31-32-27)14-10-23-6-8-25(22-30)9-7-23/h2,6-9,12-13,16-19H,1,3-5,20-21H2. The van der Waals surface area contributed by atoms with E-state index in [4.69, 9.17) is 14.7 Å². The summed E-state index contributed by atoms with van der Waals surface area (Å²) >= 11 is 0. The lowest BCUT2D eigenvalue weighted by Gasteiger charge is -2.06. The van der Waals surface area contributed by atoms with E-state index < -0.39 is 0 Å². The van der Waals surface area contributed by atoms with E-state index in [2.05, 4.69) is 46.5 Å². The lowest BCUT2D eigenvalue weighted by atomic mass is 10.1. The van der Waals surface area contributed by atoms with Crippen molar-refractivity contribution in [1.82, 2.24) is 10.2 Å². The molecule has 0 saturated carbocycles. The molecule has 0 amide bonds. The Kier molecular flexibility index (Phi) is 9.65. The smallest absolute Gasteiger partial charge is 0.330 e. The van der Waals surface area contributed by atoms with Gasteiger partial charge in [0.1, 0.15) is 17.1 Å². The first-order valence-corrected chi connectivity index (χ1v) is 11.1. The predicted octanol–water partition coefficient (Wildman–Crippen LogP) is 4.43. The van der Waals surface area contributed by atoms with Crippen LogP contribution in [-0.4, -0.2) is 29.4 Å². The number of ether oxygens (including phenoxy) is 2. The molecule has 0 aliphatic carbocycles. The van der Waals surface area contributed by atoms with Gasteiger partial charge in [0.05, 0.1) is 24.8 Å². The van der Waals surface area contributed by atoms with E-state index in [-0.39, 0.29) is 5.97 Å². The number of nitriles is 1. The summed E-state index contributed by atoms with van der Waals surface area (Å²) in [6.07, 6.45) is 3.75. The molecule has 0 aliphatic heterocycles. The second-order valence-electron chi connectivity index (χ2n) is 7.30. The third-order valence-corrected chi connectivity index (χ3v) is 4.67. The summed E-state index contributed by atoms with van der Waals surface area (Å²) in [5, 5.41) is 17.0. The molecule has 6 nitrogen and oxygen atoms in total. The van der Waals surface area contributed by atoms with Crippen molar-refractivity contribution in [2.45, 2.75) is 19.3 Å². The maximum Gasteiger partial charge on any atom is 0.330 e. The van der Waals surface area contributed by atoms with Crippen LogP contribution in [0.4, 0.5) is 0 Å². The molecule has 2 aromatic carbocycles. The van der Waals surface area contributed by atoms with Crippen molar-refractivity contribution in [3.05, 3.63) is 101 Å². The minimum Gasteiger partial charge on any atom is -0.494 e. The van der Waals surface area contributed by atoms with Crippen molar-refractivity contribution in [1.29, 1.82) is 5.26 Å². The van der Waals surface area contributed by atoms with Gasteiger partial charge in [0.25, 0.3) is 0 Å². The minimum atomic E-state index is -0.390. The number of esters is 1. The quantitative estimate of drug-likeness (QED) is 0.214. The van der Waals surface area contributed by atoms with Crippen LogP contribution in [0.15, 0.2) is 73.3 Å². The number of benzene rings is 2. The van der Waals surface area contributed by atoms with E-state index in [1.165, 1.54) is 0 Å². The third kappa shape index (κ3) is 8.89. The number of carbonyl (C=O) groups excluding carboxylic acids is 1. The minimum absolute atomic E-state index is 0.390. The third-order valence-electron chi connectivity index (χ3n) is 4.67. The summed E-state index contributed by atoms with van der Waals surface area (Å²) in [6, 6.07) is 20.2. The van der Waals surface area contributed by atoms with Gasteiger partial charge in [-0.1, -0.05) is 18.4 Å². The molecule has 0 unspecified atom stereocenters. The van der Waals surface area contributed by atoms with Gasteiger partial charge < -0.3 is 9.47 Å². The summed E-state index contributed by atoms with van der Waals surface area (Å²) in [5.41, 5.74) is 3.33. The highest BCUT2D eigenvalue weighted by Gasteiger charge is 1.98. The van der Waals surface area contributed by atoms with Crippen molar-refractivity contribution in [3.8, 4) is 35.5 Å². The zero-order valence-corrected chi connectivity index (χ0v) is 19.2. The molecule has 172 valence electrons. The van der Waals surface area contributed by atoms with Gasteiger partial charge >= 0.3 is 5.97 Å². The molecule has 1 heterocycles. The van der Waals surface area contributed by atoms with Crippen LogP contribution in [0.5, 0.6) is 5.75 Å². The topological polar surface area (TPSA) is 85.1 Å². The zero-order valence-electron chi connectivity index (χ0n) is 19.2. The maximum absolute atomic E-state index is 10.9. The molecule has 0 spiro atoms. The number of unbranched alkanes of at least 4 members (excludes halogenated alkanes) is 2. The molecular formula is C29H23N3O3. The summed E-state index contributed by atoms with van der Waals surface area (Å²) < 4.78 is 10.7. The van der Waals surface area contributed by atoms with E-state index in [0.29, 0.717) is 30.2 Å². The normalized spacial score (nSPS) is 9.46. The molecule has 0 bridgehead atoms. The Labute approximate surface area is 205 Å². The lowest BCUT2D eigenvalue weighted by Crippen LogP contribution is -2.03. The summed E-state index contributed by atoms with van der Waals surface area (Å²) in [7, 11) is 0. The Morgan fingerprint density at radius 2 is 1.31 bits per heavy atom. The Morgan fingerprint density at radius 1 is 0.771 bits per heavy atom. The largest absolute Gasteiger partial charge is 0.494 e. The van der Waals surface area contributed by atoms with Gasteiger partial charge in [-0.15, -0.1) is 10.2 Å². The number of carbonyl (C=O) groups is 1. The second-order valence-corrected chi connectivity index (χ2v) is 7.30. The predicted molar refractivity (Wildman–Crippen MR) is 132 cm³/mol. The molecule has 3 aromatic rings. The monoisotopic (exact) mass is 461 g/mol. The van der Waals surface area contributed by atoms with Gasteiger partial charge in [-0.3, -0.25) is 0 Å². The highest BCUT2D eigenvalue weighted by atomic mass is 16.5. The van der Waals surface area contributed by atoms with E-state index in [0.717, 1.165) is 42.2 Å². The van der Waals surface area contributed by atoms with Crippen LogP contribution in [0.25, 0.3) is 0 Å². The molecule has 0 atom stereocenters. The number of nitrogens with zero attached hydrogens (tertiary/aromatic N) is 3. The fourth-order valence-electron chi connectivity index (χ4n) is 2.80. The van der Waals surface area contributed by atoms with Crippen molar-refractivity contribution in [2.24, 2.45) is 0 Å². The summed E-state index contributed by atoms with van der Waals surface area (Å²) in [6.45, 7) is 4.35. The molecule has 1 aromatic heterocycles. The molecule has 35 heavy (non-hydrogen) atoms. The van der Waals surface area contributed by atoms with Gasteiger partial charge in [-0.2, -0.15) is 5.26 Å². The van der Waals surface area contributed by atoms with Crippen LogP contribution in [0.2, 0.25) is 0 Å². The molecule has 0 N–H and O–H groups in total. The SMILES string of the molecule is C=CC(=O)OCCCCCOc1ccc(C#Cc2ccc(C#Cc3ccc(C#N)cc3)nn2)cc1. The van der Waals surface area contributed by atoms with Crippen LogP contribution in [0.1, 0.15) is 47.3 Å². The van der Waals surface area contributed by atoms with E-state index in [1.54, 1.807) is 36.4 Å². The summed E-state index contributed by atoms with van der Waals surface area (Å²) in [5.74, 6) is 12.4. The van der Waals surface area contributed by atoms with E-state index in [9.17, 15) is 4.79 Å². The van der Waals surface area contributed by atoms with Crippen LogP contribution < -0.4 is 4.74 Å². The second kappa shape index (κ2) is 13.6.